The van der Waals surface area contributed by atoms with Crippen LogP contribution in [0.5, 0.6) is 0 Å². The van der Waals surface area contributed by atoms with Gasteiger partial charge in [0.05, 0.1) is 10.6 Å². The zero-order valence-corrected chi connectivity index (χ0v) is 11.1. The van der Waals surface area contributed by atoms with E-state index in [4.69, 9.17) is 16.3 Å². The third-order valence-electron chi connectivity index (χ3n) is 2.49. The van der Waals surface area contributed by atoms with E-state index in [9.17, 15) is 0 Å². The van der Waals surface area contributed by atoms with Gasteiger partial charge in [-0.1, -0.05) is 0 Å². The van der Waals surface area contributed by atoms with Crippen LogP contribution in [0.4, 0.5) is 5.82 Å². The van der Waals surface area contributed by atoms with Gasteiger partial charge in [0.2, 0.25) is 5.28 Å². The van der Waals surface area contributed by atoms with E-state index < -0.39 is 0 Å². The maximum atomic E-state index is 5.72. The van der Waals surface area contributed by atoms with Crippen molar-refractivity contribution in [2.45, 2.75) is 25.4 Å². The Balaban J connectivity index is 1.90. The second-order valence-corrected chi connectivity index (χ2v) is 4.90. The van der Waals surface area contributed by atoms with E-state index in [1.807, 2.05) is 0 Å². The van der Waals surface area contributed by atoms with Gasteiger partial charge in [0, 0.05) is 19.3 Å². The zero-order chi connectivity index (χ0) is 11.4. The van der Waals surface area contributed by atoms with Crippen molar-refractivity contribution in [3.05, 3.63) is 16.0 Å². The summed E-state index contributed by atoms with van der Waals surface area (Å²) in [4.78, 5) is 7.97. The summed E-state index contributed by atoms with van der Waals surface area (Å²) in [6.45, 7) is 1.62. The molecule has 1 unspecified atom stereocenters. The Bertz CT molecular complexity index is 358. The molecule has 0 bridgehead atoms. The van der Waals surface area contributed by atoms with Gasteiger partial charge in [-0.2, -0.15) is 4.98 Å². The van der Waals surface area contributed by atoms with Crippen LogP contribution in [-0.4, -0.2) is 29.2 Å². The Morgan fingerprint density at radius 1 is 1.56 bits per heavy atom. The third-order valence-corrected chi connectivity index (χ3v) is 3.25. The minimum Gasteiger partial charge on any atom is -0.376 e. The molecule has 0 aliphatic carbocycles. The van der Waals surface area contributed by atoms with E-state index in [1.165, 1.54) is 12.8 Å². The SMILES string of the molecule is Clc1ncc(Br)c(NCC2CCCCO2)n1. The number of hydrogen-bond donors (Lipinski definition) is 1. The van der Waals surface area contributed by atoms with Gasteiger partial charge in [-0.05, 0) is 46.8 Å². The molecule has 4 nitrogen and oxygen atoms in total. The van der Waals surface area contributed by atoms with Crippen LogP contribution in [0.15, 0.2) is 10.7 Å². The van der Waals surface area contributed by atoms with Crippen molar-refractivity contribution in [1.29, 1.82) is 0 Å². The quantitative estimate of drug-likeness (QED) is 0.872. The number of hydrogen-bond acceptors (Lipinski definition) is 4. The monoisotopic (exact) mass is 305 g/mol. The minimum absolute atomic E-state index is 0.246. The Morgan fingerprint density at radius 2 is 2.44 bits per heavy atom. The first-order valence-electron chi connectivity index (χ1n) is 5.29. The molecular weight excluding hydrogens is 293 g/mol. The second kappa shape index (κ2) is 5.80. The molecular formula is C10H13BrClN3O. The summed E-state index contributed by atoms with van der Waals surface area (Å²) < 4.78 is 6.43. The molecule has 0 saturated carbocycles. The summed E-state index contributed by atoms with van der Waals surface area (Å²) in [7, 11) is 0. The molecule has 6 heteroatoms. The molecule has 0 amide bonds. The lowest BCUT2D eigenvalue weighted by Crippen LogP contribution is -2.27. The van der Waals surface area contributed by atoms with Crippen LogP contribution in [-0.2, 0) is 4.74 Å². The highest BCUT2D eigenvalue weighted by atomic mass is 79.9. The van der Waals surface area contributed by atoms with Gasteiger partial charge in [0.25, 0.3) is 0 Å². The lowest BCUT2D eigenvalue weighted by Gasteiger charge is -2.23. The summed E-state index contributed by atoms with van der Waals surface area (Å²) in [5.74, 6) is 0.717. The highest BCUT2D eigenvalue weighted by Crippen LogP contribution is 2.21. The maximum Gasteiger partial charge on any atom is 0.224 e. The maximum absolute atomic E-state index is 5.72. The Hall–Kier alpha value is -0.390. The summed E-state index contributed by atoms with van der Waals surface area (Å²) in [6, 6.07) is 0. The lowest BCUT2D eigenvalue weighted by atomic mass is 10.1. The standard InChI is InChI=1S/C10H13BrClN3O/c11-8-6-14-10(12)15-9(8)13-5-7-3-1-2-4-16-7/h6-7H,1-5H2,(H,13,14,15). The first kappa shape index (κ1) is 12.1. The van der Waals surface area contributed by atoms with Gasteiger partial charge < -0.3 is 10.1 Å². The minimum atomic E-state index is 0.246. The molecule has 1 aliphatic rings. The van der Waals surface area contributed by atoms with Crippen molar-refractivity contribution in [3.63, 3.8) is 0 Å². The normalized spacial score (nSPS) is 20.8. The second-order valence-electron chi connectivity index (χ2n) is 3.71. The Kier molecular flexibility index (Phi) is 4.37. The van der Waals surface area contributed by atoms with E-state index >= 15 is 0 Å². The predicted molar refractivity (Wildman–Crippen MR) is 66.8 cm³/mol. The van der Waals surface area contributed by atoms with Crippen LogP contribution in [0.2, 0.25) is 5.28 Å². The molecule has 1 aromatic heterocycles. The molecule has 1 N–H and O–H groups in total. The van der Waals surface area contributed by atoms with Crippen LogP contribution in [0.25, 0.3) is 0 Å². The van der Waals surface area contributed by atoms with Crippen LogP contribution < -0.4 is 5.32 Å². The van der Waals surface area contributed by atoms with Crippen molar-refractivity contribution >= 4 is 33.3 Å². The molecule has 88 valence electrons. The fourth-order valence-corrected chi connectivity index (χ4v) is 2.11. The van der Waals surface area contributed by atoms with Crippen LogP contribution >= 0.6 is 27.5 Å². The summed E-state index contributed by atoms with van der Waals surface area (Å²) in [5.41, 5.74) is 0. The predicted octanol–water partition coefficient (Wildman–Crippen LogP) is 2.87. The molecule has 0 radical (unpaired) electrons. The summed E-state index contributed by atoms with van der Waals surface area (Å²) in [5, 5.41) is 3.46. The van der Waals surface area contributed by atoms with Crippen molar-refractivity contribution in [3.8, 4) is 0 Å². The molecule has 2 rings (SSSR count). The third kappa shape index (κ3) is 3.30. The van der Waals surface area contributed by atoms with Gasteiger partial charge >= 0.3 is 0 Å². The Labute approximate surface area is 108 Å². The van der Waals surface area contributed by atoms with Crippen molar-refractivity contribution in [2.75, 3.05) is 18.5 Å². The zero-order valence-electron chi connectivity index (χ0n) is 8.75. The topological polar surface area (TPSA) is 47.0 Å². The molecule has 1 atom stereocenters. The van der Waals surface area contributed by atoms with Gasteiger partial charge in [0.1, 0.15) is 5.82 Å². The molecule has 0 aromatic carbocycles. The van der Waals surface area contributed by atoms with Gasteiger partial charge in [0.15, 0.2) is 0 Å². The number of aromatic nitrogens is 2. The first-order valence-corrected chi connectivity index (χ1v) is 6.46. The van der Waals surface area contributed by atoms with Crippen molar-refractivity contribution < 1.29 is 4.74 Å². The van der Waals surface area contributed by atoms with Crippen molar-refractivity contribution in [2.24, 2.45) is 0 Å². The number of nitrogens with zero attached hydrogens (tertiary/aromatic N) is 2. The summed E-state index contributed by atoms with van der Waals surface area (Å²) >= 11 is 9.09. The molecule has 1 aromatic rings. The number of anilines is 1. The van der Waals surface area contributed by atoms with E-state index in [0.717, 1.165) is 24.0 Å². The van der Waals surface area contributed by atoms with E-state index in [-0.39, 0.29) is 11.4 Å². The lowest BCUT2D eigenvalue weighted by molar-refractivity contribution is 0.0247. The molecule has 0 spiro atoms. The highest BCUT2D eigenvalue weighted by Gasteiger charge is 2.14. The number of rotatable bonds is 3. The smallest absolute Gasteiger partial charge is 0.224 e. The Morgan fingerprint density at radius 3 is 3.19 bits per heavy atom. The number of ether oxygens (including phenoxy) is 1. The van der Waals surface area contributed by atoms with Gasteiger partial charge in [-0.15, -0.1) is 0 Å². The van der Waals surface area contributed by atoms with Gasteiger partial charge in [-0.25, -0.2) is 4.98 Å². The molecule has 16 heavy (non-hydrogen) atoms. The summed E-state index contributed by atoms with van der Waals surface area (Å²) in [6.07, 6.45) is 5.41. The van der Waals surface area contributed by atoms with E-state index in [1.54, 1.807) is 6.20 Å². The molecule has 1 aliphatic heterocycles. The molecule has 1 saturated heterocycles. The fourth-order valence-electron chi connectivity index (χ4n) is 1.65. The first-order chi connectivity index (χ1) is 7.75. The largest absolute Gasteiger partial charge is 0.376 e. The van der Waals surface area contributed by atoms with Crippen LogP contribution in [0.3, 0.4) is 0 Å². The van der Waals surface area contributed by atoms with Crippen LogP contribution in [0.1, 0.15) is 19.3 Å². The van der Waals surface area contributed by atoms with Gasteiger partial charge in [-0.3, -0.25) is 0 Å². The highest BCUT2D eigenvalue weighted by molar-refractivity contribution is 9.10. The molecule has 2 heterocycles. The average molecular weight is 307 g/mol. The van der Waals surface area contributed by atoms with E-state index in [2.05, 4.69) is 31.2 Å². The average Bonchev–Trinajstić information content (AvgIpc) is 2.32. The van der Waals surface area contributed by atoms with E-state index in [0.29, 0.717) is 5.82 Å². The molecule has 1 fully saturated rings. The fraction of sp³-hybridized carbons (Fsp3) is 0.600. The number of nitrogens with one attached hydrogen (secondary N) is 1. The van der Waals surface area contributed by atoms with Crippen LogP contribution in [0, 0.1) is 0 Å². The van der Waals surface area contributed by atoms with Crippen molar-refractivity contribution in [1.82, 2.24) is 9.97 Å². The number of halogens is 2.